The molecule has 0 saturated carbocycles. The van der Waals surface area contributed by atoms with Crippen LogP contribution in [0.25, 0.3) is 5.57 Å². The Kier molecular flexibility index (Phi) is 5.66. The molecular formula is C21H21FN2O3. The van der Waals surface area contributed by atoms with E-state index in [0.29, 0.717) is 12.0 Å². The van der Waals surface area contributed by atoms with Gasteiger partial charge >= 0.3 is 0 Å². The number of likely N-dealkylation sites (N-methyl/N-ethyl adjacent to an activating group) is 1. The highest BCUT2D eigenvalue weighted by molar-refractivity contribution is 6.35. The van der Waals surface area contributed by atoms with Gasteiger partial charge in [0.15, 0.2) is 0 Å². The van der Waals surface area contributed by atoms with E-state index in [1.807, 2.05) is 30.3 Å². The summed E-state index contributed by atoms with van der Waals surface area (Å²) in [6.45, 7) is 0.316. The fourth-order valence-corrected chi connectivity index (χ4v) is 3.14. The van der Waals surface area contributed by atoms with Crippen molar-refractivity contribution in [1.82, 2.24) is 9.80 Å². The first-order chi connectivity index (χ1) is 13.0. The molecule has 0 aliphatic carbocycles. The lowest BCUT2D eigenvalue weighted by Gasteiger charge is -2.20. The molecule has 2 amide bonds. The lowest BCUT2D eigenvalue weighted by atomic mass is 10.0. The molecule has 1 heterocycles. The number of hydrogen-bond acceptors (Lipinski definition) is 4. The molecule has 27 heavy (non-hydrogen) atoms. The fourth-order valence-electron chi connectivity index (χ4n) is 3.14. The third-order valence-corrected chi connectivity index (χ3v) is 4.56. The van der Waals surface area contributed by atoms with Crippen LogP contribution < -0.4 is 0 Å². The summed E-state index contributed by atoms with van der Waals surface area (Å²) in [4.78, 5) is 28.7. The second kappa shape index (κ2) is 8.14. The molecule has 0 radical (unpaired) electrons. The Hall–Kier alpha value is -2.99. The normalized spacial score (nSPS) is 14.3. The van der Waals surface area contributed by atoms with E-state index in [-0.39, 0.29) is 31.0 Å². The molecule has 0 fully saturated rings. The van der Waals surface area contributed by atoms with Gasteiger partial charge in [0.25, 0.3) is 11.8 Å². The topological polar surface area (TPSA) is 60.9 Å². The summed E-state index contributed by atoms with van der Waals surface area (Å²) in [5.41, 5.74) is 1.98. The molecule has 0 bridgehead atoms. The number of hydrogen-bond donors (Lipinski definition) is 1. The van der Waals surface area contributed by atoms with Gasteiger partial charge in [-0.05, 0) is 29.7 Å². The first kappa shape index (κ1) is 18.8. The quantitative estimate of drug-likeness (QED) is 0.760. The molecule has 6 heteroatoms. The van der Waals surface area contributed by atoms with Crippen molar-refractivity contribution in [3.8, 4) is 0 Å². The van der Waals surface area contributed by atoms with Crippen LogP contribution in [0.5, 0.6) is 0 Å². The molecule has 0 unspecified atom stereocenters. The molecule has 5 nitrogen and oxygen atoms in total. The fraction of sp³-hybridized carbons (Fsp3) is 0.238. The number of aliphatic hydroxyl groups excluding tert-OH is 1. The van der Waals surface area contributed by atoms with Gasteiger partial charge in [0, 0.05) is 20.1 Å². The molecule has 0 saturated heterocycles. The van der Waals surface area contributed by atoms with Gasteiger partial charge in [-0.2, -0.15) is 0 Å². The number of carbonyl (C=O) groups excluding carboxylic acids is 2. The van der Waals surface area contributed by atoms with E-state index in [1.54, 1.807) is 11.9 Å². The third kappa shape index (κ3) is 3.90. The smallest absolute Gasteiger partial charge is 0.277 e. The van der Waals surface area contributed by atoms with Crippen LogP contribution in [0.3, 0.4) is 0 Å². The van der Waals surface area contributed by atoms with Gasteiger partial charge in [0.2, 0.25) is 0 Å². The standard InChI is InChI=1S/C21H21FN2O3/c1-23(13-14-25)19-18(16-7-9-17(22)10-8-16)20(26)24(21(19)27)12-11-15-5-3-2-4-6-15/h2-10,25H,11-14H2,1H3. The van der Waals surface area contributed by atoms with Crippen molar-refractivity contribution >= 4 is 17.4 Å². The highest BCUT2D eigenvalue weighted by atomic mass is 19.1. The number of carbonyl (C=O) groups is 2. The van der Waals surface area contributed by atoms with Crippen molar-refractivity contribution in [2.45, 2.75) is 6.42 Å². The average molecular weight is 368 g/mol. The highest BCUT2D eigenvalue weighted by Gasteiger charge is 2.40. The summed E-state index contributed by atoms with van der Waals surface area (Å²) in [5, 5.41) is 9.24. The Labute approximate surface area is 157 Å². The summed E-state index contributed by atoms with van der Waals surface area (Å²) >= 11 is 0. The van der Waals surface area contributed by atoms with Crippen LogP contribution in [0.15, 0.2) is 60.3 Å². The van der Waals surface area contributed by atoms with Crippen LogP contribution in [-0.4, -0.2) is 53.5 Å². The van der Waals surface area contributed by atoms with Crippen LogP contribution >= 0.6 is 0 Å². The summed E-state index contributed by atoms with van der Waals surface area (Å²) < 4.78 is 13.3. The largest absolute Gasteiger partial charge is 0.395 e. The average Bonchev–Trinajstić information content (AvgIpc) is 2.92. The van der Waals surface area contributed by atoms with Crippen LogP contribution in [0.1, 0.15) is 11.1 Å². The number of nitrogens with zero attached hydrogens (tertiary/aromatic N) is 2. The van der Waals surface area contributed by atoms with E-state index >= 15 is 0 Å². The summed E-state index contributed by atoms with van der Waals surface area (Å²) in [6, 6.07) is 15.1. The molecule has 0 aromatic heterocycles. The Bertz CT molecular complexity index is 863. The Morgan fingerprint density at radius 2 is 1.67 bits per heavy atom. The van der Waals surface area contributed by atoms with Crippen LogP contribution in [0, 0.1) is 5.82 Å². The van der Waals surface area contributed by atoms with Crippen LogP contribution in [0.4, 0.5) is 4.39 Å². The Morgan fingerprint density at radius 1 is 1.00 bits per heavy atom. The summed E-state index contributed by atoms with van der Waals surface area (Å²) in [7, 11) is 1.65. The predicted octanol–water partition coefficient (Wildman–Crippen LogP) is 2.07. The van der Waals surface area contributed by atoms with Gasteiger partial charge < -0.3 is 10.0 Å². The van der Waals surface area contributed by atoms with Gasteiger partial charge in [-0.3, -0.25) is 14.5 Å². The monoisotopic (exact) mass is 368 g/mol. The van der Waals surface area contributed by atoms with Gasteiger partial charge in [-0.1, -0.05) is 42.5 Å². The zero-order valence-corrected chi connectivity index (χ0v) is 15.1. The predicted molar refractivity (Wildman–Crippen MR) is 99.9 cm³/mol. The van der Waals surface area contributed by atoms with Crippen LogP contribution in [-0.2, 0) is 16.0 Å². The van der Waals surface area contributed by atoms with Crippen molar-refractivity contribution in [1.29, 1.82) is 0 Å². The molecule has 1 aliphatic rings. The van der Waals surface area contributed by atoms with Crippen molar-refractivity contribution in [3.05, 3.63) is 77.2 Å². The van der Waals surface area contributed by atoms with E-state index in [1.165, 1.54) is 29.2 Å². The number of aliphatic hydroxyl groups is 1. The maximum absolute atomic E-state index is 13.3. The van der Waals surface area contributed by atoms with Crippen LogP contribution in [0.2, 0.25) is 0 Å². The third-order valence-electron chi connectivity index (χ3n) is 4.56. The van der Waals surface area contributed by atoms with E-state index < -0.39 is 17.6 Å². The zero-order chi connectivity index (χ0) is 19.4. The molecule has 3 rings (SSSR count). The van der Waals surface area contributed by atoms with Crippen molar-refractivity contribution < 1.29 is 19.1 Å². The number of rotatable bonds is 7. The SMILES string of the molecule is CN(CCO)C1=C(c2ccc(F)cc2)C(=O)N(CCc2ccccc2)C1=O. The van der Waals surface area contributed by atoms with E-state index in [9.17, 15) is 19.1 Å². The maximum atomic E-state index is 13.3. The zero-order valence-electron chi connectivity index (χ0n) is 15.1. The molecule has 1 N–H and O–H groups in total. The lowest BCUT2D eigenvalue weighted by Crippen LogP contribution is -2.36. The molecule has 1 aliphatic heterocycles. The van der Waals surface area contributed by atoms with E-state index in [4.69, 9.17) is 0 Å². The van der Waals surface area contributed by atoms with Gasteiger partial charge in [0.05, 0.1) is 12.2 Å². The molecular weight excluding hydrogens is 347 g/mol. The van der Waals surface area contributed by atoms with Gasteiger partial charge in [-0.25, -0.2) is 4.39 Å². The number of imide groups is 1. The molecule has 140 valence electrons. The number of amides is 2. The number of benzene rings is 2. The molecule has 2 aromatic rings. The minimum atomic E-state index is -0.415. The minimum absolute atomic E-state index is 0.151. The maximum Gasteiger partial charge on any atom is 0.277 e. The first-order valence-corrected chi connectivity index (χ1v) is 8.75. The van der Waals surface area contributed by atoms with Crippen molar-refractivity contribution in [2.24, 2.45) is 0 Å². The minimum Gasteiger partial charge on any atom is -0.395 e. The van der Waals surface area contributed by atoms with Gasteiger partial charge in [-0.15, -0.1) is 0 Å². The summed E-state index contributed by atoms with van der Waals surface area (Å²) in [5.74, 6) is -1.21. The molecule has 2 aromatic carbocycles. The molecule has 0 atom stereocenters. The second-order valence-electron chi connectivity index (χ2n) is 6.37. The van der Waals surface area contributed by atoms with E-state index in [2.05, 4.69) is 0 Å². The Morgan fingerprint density at radius 3 is 2.30 bits per heavy atom. The van der Waals surface area contributed by atoms with Crippen molar-refractivity contribution in [3.63, 3.8) is 0 Å². The second-order valence-corrected chi connectivity index (χ2v) is 6.37. The molecule has 0 spiro atoms. The highest BCUT2D eigenvalue weighted by Crippen LogP contribution is 2.31. The van der Waals surface area contributed by atoms with E-state index in [0.717, 1.165) is 5.56 Å². The lowest BCUT2D eigenvalue weighted by molar-refractivity contribution is -0.137. The first-order valence-electron chi connectivity index (χ1n) is 8.75. The number of halogens is 1. The Balaban J connectivity index is 1.92. The van der Waals surface area contributed by atoms with Gasteiger partial charge in [0.1, 0.15) is 11.5 Å². The van der Waals surface area contributed by atoms with Crippen molar-refractivity contribution in [2.75, 3.05) is 26.7 Å². The summed E-state index contributed by atoms with van der Waals surface area (Å²) in [6.07, 6.45) is 0.548.